The number of hydrogen-bond acceptors (Lipinski definition) is 3. The summed E-state index contributed by atoms with van der Waals surface area (Å²) in [5, 5.41) is 0. The monoisotopic (exact) mass is 207 g/mol. The van der Waals surface area contributed by atoms with E-state index in [4.69, 9.17) is 15.2 Å². The third-order valence-electron chi connectivity index (χ3n) is 2.84. The molecule has 3 heteroatoms. The van der Waals surface area contributed by atoms with Gasteiger partial charge in [0.25, 0.3) is 0 Å². The van der Waals surface area contributed by atoms with Crippen LogP contribution in [0.3, 0.4) is 0 Å². The lowest BCUT2D eigenvalue weighted by molar-refractivity contribution is 0.181. The number of nitrogens with two attached hydrogens (primary N) is 1. The van der Waals surface area contributed by atoms with Crippen molar-refractivity contribution in [2.24, 2.45) is 5.73 Å². The first-order chi connectivity index (χ1) is 7.35. The highest BCUT2D eigenvalue weighted by molar-refractivity contribution is 5.41. The van der Waals surface area contributed by atoms with Crippen LogP contribution in [0.2, 0.25) is 0 Å². The molecule has 2 N–H and O–H groups in total. The van der Waals surface area contributed by atoms with Gasteiger partial charge in [0.15, 0.2) is 0 Å². The Balaban J connectivity index is 2.20. The van der Waals surface area contributed by atoms with Crippen LogP contribution in [0.5, 0.6) is 5.75 Å². The molecule has 1 aromatic carbocycles. The molecule has 1 aliphatic rings. The van der Waals surface area contributed by atoms with Crippen LogP contribution in [0.1, 0.15) is 17.0 Å². The molecule has 0 aliphatic carbocycles. The van der Waals surface area contributed by atoms with E-state index >= 15 is 0 Å². The molecule has 0 saturated carbocycles. The zero-order valence-electron chi connectivity index (χ0n) is 9.03. The van der Waals surface area contributed by atoms with Gasteiger partial charge >= 0.3 is 0 Å². The number of fused-ring (bicyclic) bond motifs is 1. The molecule has 3 nitrogen and oxygen atoms in total. The minimum atomic E-state index is 0.292. The van der Waals surface area contributed by atoms with Gasteiger partial charge in [0, 0.05) is 26.0 Å². The normalized spacial score (nSPS) is 15.9. The Bertz CT molecular complexity index is 338. The summed E-state index contributed by atoms with van der Waals surface area (Å²) >= 11 is 0. The van der Waals surface area contributed by atoms with Crippen molar-refractivity contribution in [1.29, 1.82) is 0 Å². The van der Waals surface area contributed by atoms with Crippen molar-refractivity contribution in [2.45, 2.75) is 12.3 Å². The van der Waals surface area contributed by atoms with Gasteiger partial charge in [-0.1, -0.05) is 12.1 Å². The van der Waals surface area contributed by atoms with Crippen LogP contribution in [-0.4, -0.2) is 26.9 Å². The highest BCUT2D eigenvalue weighted by Gasteiger charge is 2.15. The van der Waals surface area contributed by atoms with Crippen molar-refractivity contribution < 1.29 is 9.47 Å². The Morgan fingerprint density at radius 3 is 3.13 bits per heavy atom. The quantitative estimate of drug-likeness (QED) is 0.809. The van der Waals surface area contributed by atoms with Crippen molar-refractivity contribution >= 4 is 0 Å². The molecular weight excluding hydrogens is 190 g/mol. The summed E-state index contributed by atoms with van der Waals surface area (Å²) in [7, 11) is 1.71. The van der Waals surface area contributed by atoms with Gasteiger partial charge in [0.05, 0.1) is 13.2 Å². The Morgan fingerprint density at radius 1 is 1.53 bits per heavy atom. The zero-order valence-corrected chi connectivity index (χ0v) is 9.03. The van der Waals surface area contributed by atoms with Crippen LogP contribution in [-0.2, 0) is 11.2 Å². The fourth-order valence-corrected chi connectivity index (χ4v) is 1.96. The number of rotatable bonds is 4. The van der Waals surface area contributed by atoms with Crippen LogP contribution in [0.4, 0.5) is 0 Å². The average molecular weight is 207 g/mol. The molecular formula is C12H17NO2. The van der Waals surface area contributed by atoms with Gasteiger partial charge in [-0.25, -0.2) is 0 Å². The van der Waals surface area contributed by atoms with E-state index in [1.54, 1.807) is 7.11 Å². The lowest BCUT2D eigenvalue weighted by atomic mass is 9.97. The van der Waals surface area contributed by atoms with Crippen molar-refractivity contribution in [2.75, 3.05) is 26.9 Å². The number of benzene rings is 1. The minimum Gasteiger partial charge on any atom is -0.493 e. The van der Waals surface area contributed by atoms with Crippen LogP contribution in [0.15, 0.2) is 18.2 Å². The predicted molar refractivity (Wildman–Crippen MR) is 59.3 cm³/mol. The standard InChI is InChI=1S/C12H17NO2/c1-14-8-11(7-13)9-2-3-12-10(6-9)4-5-15-12/h2-3,6,11H,4-5,7-8,13H2,1H3. The molecule has 0 bridgehead atoms. The Kier molecular flexibility index (Phi) is 3.23. The molecule has 0 fully saturated rings. The smallest absolute Gasteiger partial charge is 0.122 e. The van der Waals surface area contributed by atoms with E-state index in [2.05, 4.69) is 12.1 Å². The third-order valence-corrected chi connectivity index (χ3v) is 2.84. The minimum absolute atomic E-state index is 0.292. The van der Waals surface area contributed by atoms with E-state index in [1.165, 1.54) is 11.1 Å². The van der Waals surface area contributed by atoms with Gasteiger partial charge in [-0.05, 0) is 17.2 Å². The molecule has 15 heavy (non-hydrogen) atoms. The largest absolute Gasteiger partial charge is 0.493 e. The van der Waals surface area contributed by atoms with Gasteiger partial charge in [0.1, 0.15) is 5.75 Å². The summed E-state index contributed by atoms with van der Waals surface area (Å²) in [6.45, 7) is 2.10. The third kappa shape index (κ3) is 2.13. The second kappa shape index (κ2) is 4.64. The first-order valence-electron chi connectivity index (χ1n) is 5.29. The Morgan fingerprint density at radius 2 is 2.40 bits per heavy atom. The summed E-state index contributed by atoms with van der Waals surface area (Å²) in [5.41, 5.74) is 8.27. The maximum Gasteiger partial charge on any atom is 0.122 e. The molecule has 2 rings (SSSR count). The van der Waals surface area contributed by atoms with E-state index in [0.29, 0.717) is 19.1 Å². The van der Waals surface area contributed by atoms with E-state index in [-0.39, 0.29) is 0 Å². The second-order valence-corrected chi connectivity index (χ2v) is 3.85. The highest BCUT2D eigenvalue weighted by atomic mass is 16.5. The van der Waals surface area contributed by atoms with Crippen molar-refractivity contribution in [1.82, 2.24) is 0 Å². The molecule has 1 aliphatic heterocycles. The fourth-order valence-electron chi connectivity index (χ4n) is 1.96. The van der Waals surface area contributed by atoms with Gasteiger partial charge in [-0.3, -0.25) is 0 Å². The topological polar surface area (TPSA) is 44.5 Å². The summed E-state index contributed by atoms with van der Waals surface area (Å²) in [4.78, 5) is 0. The number of ether oxygens (including phenoxy) is 2. The summed E-state index contributed by atoms with van der Waals surface area (Å²) in [6, 6.07) is 6.32. The lowest BCUT2D eigenvalue weighted by Gasteiger charge is -2.14. The van der Waals surface area contributed by atoms with Crippen molar-refractivity contribution in [3.63, 3.8) is 0 Å². The number of hydrogen-bond donors (Lipinski definition) is 1. The molecule has 1 atom stereocenters. The highest BCUT2D eigenvalue weighted by Crippen LogP contribution is 2.28. The zero-order chi connectivity index (χ0) is 10.7. The van der Waals surface area contributed by atoms with E-state index < -0.39 is 0 Å². The fraction of sp³-hybridized carbons (Fsp3) is 0.500. The maximum atomic E-state index is 5.72. The SMILES string of the molecule is COCC(CN)c1ccc2c(c1)CCO2. The van der Waals surface area contributed by atoms with Gasteiger partial charge in [-0.2, -0.15) is 0 Å². The molecule has 0 spiro atoms. The van der Waals surface area contributed by atoms with E-state index in [9.17, 15) is 0 Å². The van der Waals surface area contributed by atoms with Crippen molar-refractivity contribution in [3.05, 3.63) is 29.3 Å². The summed E-state index contributed by atoms with van der Waals surface area (Å²) in [6.07, 6.45) is 1.01. The van der Waals surface area contributed by atoms with Crippen LogP contribution in [0, 0.1) is 0 Å². The second-order valence-electron chi connectivity index (χ2n) is 3.85. The summed E-state index contributed by atoms with van der Waals surface area (Å²) < 4.78 is 10.6. The Labute approximate surface area is 90.2 Å². The van der Waals surface area contributed by atoms with Gasteiger partial charge in [0.2, 0.25) is 0 Å². The van der Waals surface area contributed by atoms with Crippen LogP contribution >= 0.6 is 0 Å². The molecule has 82 valence electrons. The summed E-state index contributed by atoms with van der Waals surface area (Å²) in [5.74, 6) is 1.31. The van der Waals surface area contributed by atoms with Gasteiger partial charge < -0.3 is 15.2 Å². The lowest BCUT2D eigenvalue weighted by Crippen LogP contribution is -2.17. The molecule has 1 aromatic rings. The maximum absolute atomic E-state index is 5.72. The predicted octanol–water partition coefficient (Wildman–Crippen LogP) is 1.31. The molecule has 0 saturated heterocycles. The molecule has 1 unspecified atom stereocenters. The first-order valence-corrected chi connectivity index (χ1v) is 5.29. The number of methoxy groups -OCH3 is 1. The molecule has 0 radical (unpaired) electrons. The van der Waals surface area contributed by atoms with E-state index in [0.717, 1.165) is 18.8 Å². The average Bonchev–Trinajstić information content (AvgIpc) is 2.72. The van der Waals surface area contributed by atoms with Crippen LogP contribution in [0.25, 0.3) is 0 Å². The molecule has 0 aromatic heterocycles. The Hall–Kier alpha value is -1.06. The van der Waals surface area contributed by atoms with Crippen LogP contribution < -0.4 is 10.5 Å². The first kappa shape index (κ1) is 10.5. The van der Waals surface area contributed by atoms with Gasteiger partial charge in [-0.15, -0.1) is 0 Å². The molecule has 0 amide bonds. The molecule has 1 heterocycles. The van der Waals surface area contributed by atoms with E-state index in [1.807, 2.05) is 6.07 Å². The van der Waals surface area contributed by atoms with Crippen molar-refractivity contribution in [3.8, 4) is 5.75 Å².